The lowest BCUT2D eigenvalue weighted by molar-refractivity contribution is 0.158. The zero-order chi connectivity index (χ0) is 13.8. The smallest absolute Gasteiger partial charge is 0.147 e. The Balaban J connectivity index is 2.07. The third-order valence-electron chi connectivity index (χ3n) is 4.10. The summed E-state index contributed by atoms with van der Waals surface area (Å²) in [7, 11) is 0. The second kappa shape index (κ2) is 5.99. The van der Waals surface area contributed by atoms with E-state index in [1.165, 1.54) is 19.3 Å². The summed E-state index contributed by atoms with van der Waals surface area (Å²) in [5.74, 6) is 0. The van der Waals surface area contributed by atoms with Gasteiger partial charge in [-0.25, -0.2) is 0 Å². The fraction of sp³-hybridized carbons (Fsp3) is 0.333. The zero-order valence-corrected chi connectivity index (χ0v) is 12.4. The van der Waals surface area contributed by atoms with E-state index in [0.29, 0.717) is 0 Å². The lowest BCUT2D eigenvalue weighted by Gasteiger charge is -2.42. The van der Waals surface area contributed by atoms with Crippen LogP contribution in [0, 0.1) is 0 Å². The normalized spacial score (nSPS) is 17.1. The maximum absolute atomic E-state index is 7.19. The Morgan fingerprint density at radius 3 is 1.60 bits per heavy atom. The van der Waals surface area contributed by atoms with Crippen LogP contribution < -0.4 is 0 Å². The summed E-state index contributed by atoms with van der Waals surface area (Å²) in [4.78, 5) is 1.88. The van der Waals surface area contributed by atoms with Crippen LogP contribution in [0.3, 0.4) is 0 Å². The molecule has 1 fully saturated rings. The van der Waals surface area contributed by atoms with Crippen LogP contribution >= 0.6 is 11.6 Å². The van der Waals surface area contributed by atoms with Crippen molar-refractivity contribution in [1.29, 1.82) is 0 Å². The minimum atomic E-state index is -0.539. The molecule has 0 atom stereocenters. The van der Waals surface area contributed by atoms with Crippen molar-refractivity contribution in [3.05, 3.63) is 71.8 Å². The van der Waals surface area contributed by atoms with E-state index in [1.807, 2.05) is 12.1 Å². The van der Waals surface area contributed by atoms with Gasteiger partial charge in [-0.3, -0.25) is 4.90 Å². The van der Waals surface area contributed by atoms with Crippen molar-refractivity contribution in [2.24, 2.45) is 0 Å². The van der Waals surface area contributed by atoms with E-state index in [4.69, 9.17) is 11.6 Å². The Labute approximate surface area is 126 Å². The molecule has 2 heteroatoms. The van der Waals surface area contributed by atoms with E-state index >= 15 is 0 Å². The van der Waals surface area contributed by atoms with Gasteiger partial charge < -0.3 is 0 Å². The maximum Gasteiger partial charge on any atom is 0.147 e. The number of piperidine rings is 1. The lowest BCUT2D eigenvalue weighted by Crippen LogP contribution is -2.45. The van der Waals surface area contributed by atoms with Crippen LogP contribution in [0.4, 0.5) is 0 Å². The van der Waals surface area contributed by atoms with Gasteiger partial charge in [0, 0.05) is 13.1 Å². The number of nitrogens with zero attached hydrogens (tertiary/aromatic N) is 1. The van der Waals surface area contributed by atoms with Crippen molar-refractivity contribution in [3.8, 4) is 0 Å². The molecule has 0 aromatic heterocycles. The Morgan fingerprint density at radius 2 is 1.15 bits per heavy atom. The Kier molecular flexibility index (Phi) is 4.09. The molecule has 20 heavy (non-hydrogen) atoms. The van der Waals surface area contributed by atoms with Crippen molar-refractivity contribution >= 4 is 11.6 Å². The molecule has 1 heterocycles. The van der Waals surface area contributed by atoms with E-state index in [0.717, 1.165) is 24.2 Å². The van der Waals surface area contributed by atoms with Crippen molar-refractivity contribution < 1.29 is 0 Å². The molecule has 0 aliphatic carbocycles. The third kappa shape index (κ3) is 2.48. The van der Waals surface area contributed by atoms with Gasteiger partial charge in [0.1, 0.15) is 5.00 Å². The van der Waals surface area contributed by atoms with Gasteiger partial charge in [-0.05, 0) is 24.0 Å². The van der Waals surface area contributed by atoms with Crippen LogP contribution in [0.5, 0.6) is 0 Å². The van der Waals surface area contributed by atoms with Crippen LogP contribution in [0.2, 0.25) is 0 Å². The highest BCUT2D eigenvalue weighted by Gasteiger charge is 2.38. The van der Waals surface area contributed by atoms with Gasteiger partial charge in [-0.2, -0.15) is 0 Å². The quantitative estimate of drug-likeness (QED) is 0.588. The summed E-state index contributed by atoms with van der Waals surface area (Å²) in [5.41, 5.74) is 2.32. The minimum absolute atomic E-state index is 0.539. The van der Waals surface area contributed by atoms with E-state index in [-0.39, 0.29) is 0 Å². The highest BCUT2D eigenvalue weighted by atomic mass is 35.5. The first kappa shape index (κ1) is 13.7. The van der Waals surface area contributed by atoms with Gasteiger partial charge in [0.05, 0.1) is 0 Å². The van der Waals surface area contributed by atoms with E-state index < -0.39 is 5.00 Å². The fourth-order valence-corrected chi connectivity index (χ4v) is 3.47. The van der Waals surface area contributed by atoms with Gasteiger partial charge in [-0.1, -0.05) is 78.7 Å². The first-order chi connectivity index (χ1) is 9.82. The molecule has 1 aliphatic heterocycles. The number of likely N-dealkylation sites (tertiary alicyclic amines) is 1. The van der Waals surface area contributed by atoms with Crippen molar-refractivity contribution in [1.82, 2.24) is 4.90 Å². The maximum atomic E-state index is 7.19. The molecule has 0 spiro atoms. The predicted octanol–water partition coefficient (Wildman–Crippen LogP) is 4.61. The van der Waals surface area contributed by atoms with Gasteiger partial charge in [-0.15, -0.1) is 0 Å². The summed E-state index contributed by atoms with van der Waals surface area (Å²) in [6.07, 6.45) is 3.77. The monoisotopic (exact) mass is 285 g/mol. The topological polar surface area (TPSA) is 3.24 Å². The van der Waals surface area contributed by atoms with Crippen LogP contribution in [0.25, 0.3) is 0 Å². The van der Waals surface area contributed by atoms with Crippen molar-refractivity contribution in [3.63, 3.8) is 0 Å². The van der Waals surface area contributed by atoms with E-state index in [1.54, 1.807) is 0 Å². The van der Waals surface area contributed by atoms with Crippen LogP contribution in [-0.4, -0.2) is 18.0 Å². The number of rotatable bonds is 3. The molecule has 1 aliphatic rings. The number of halogens is 1. The minimum Gasteiger partial charge on any atom is -0.277 e. The molecule has 0 amide bonds. The fourth-order valence-electron chi connectivity index (χ4n) is 3.05. The molecule has 0 saturated carbocycles. The second-order valence-corrected chi connectivity index (χ2v) is 5.95. The van der Waals surface area contributed by atoms with Gasteiger partial charge in [0.2, 0.25) is 0 Å². The number of alkyl halides is 1. The number of hydrogen-bond acceptors (Lipinski definition) is 1. The Bertz CT molecular complexity index is 492. The van der Waals surface area contributed by atoms with Crippen LogP contribution in [-0.2, 0) is 5.00 Å². The highest BCUT2D eigenvalue weighted by molar-refractivity contribution is 6.25. The van der Waals surface area contributed by atoms with E-state index in [2.05, 4.69) is 53.4 Å². The summed E-state index contributed by atoms with van der Waals surface area (Å²) in [6, 6.07) is 20.9. The lowest BCUT2D eigenvalue weighted by atomic mass is 9.94. The molecule has 0 radical (unpaired) electrons. The van der Waals surface area contributed by atoms with Crippen LogP contribution in [0.15, 0.2) is 60.7 Å². The molecule has 3 rings (SSSR count). The summed E-state index contributed by atoms with van der Waals surface area (Å²) in [5, 5.41) is 0. The largest absolute Gasteiger partial charge is 0.277 e. The molecule has 0 unspecified atom stereocenters. The highest BCUT2D eigenvalue weighted by Crippen LogP contribution is 2.41. The van der Waals surface area contributed by atoms with E-state index in [9.17, 15) is 0 Å². The molecule has 2 aromatic carbocycles. The average molecular weight is 286 g/mol. The zero-order valence-electron chi connectivity index (χ0n) is 11.6. The molecular formula is C18H20ClN. The third-order valence-corrected chi connectivity index (χ3v) is 4.78. The molecule has 1 nitrogen and oxygen atoms in total. The average Bonchev–Trinajstić information content (AvgIpc) is 2.56. The molecule has 0 N–H and O–H groups in total. The molecular weight excluding hydrogens is 266 g/mol. The first-order valence-electron chi connectivity index (χ1n) is 7.37. The van der Waals surface area contributed by atoms with Gasteiger partial charge in [0.15, 0.2) is 0 Å². The molecule has 0 bridgehead atoms. The summed E-state index contributed by atoms with van der Waals surface area (Å²) >= 11 is 7.19. The SMILES string of the molecule is ClC(c1ccccc1)(c1ccccc1)N1CCCCC1. The number of hydrogen-bond donors (Lipinski definition) is 0. The first-order valence-corrected chi connectivity index (χ1v) is 7.74. The van der Waals surface area contributed by atoms with Gasteiger partial charge in [0.25, 0.3) is 0 Å². The van der Waals surface area contributed by atoms with Gasteiger partial charge >= 0.3 is 0 Å². The standard InChI is InChI=1S/C18H20ClN/c19-18(16-10-4-1-5-11-16,17-12-6-2-7-13-17)20-14-8-3-9-15-20/h1-2,4-7,10-13H,3,8-9,14-15H2. The van der Waals surface area contributed by atoms with Crippen molar-refractivity contribution in [2.45, 2.75) is 24.3 Å². The van der Waals surface area contributed by atoms with Crippen LogP contribution in [0.1, 0.15) is 30.4 Å². The molecule has 104 valence electrons. The van der Waals surface area contributed by atoms with Crippen molar-refractivity contribution in [2.75, 3.05) is 13.1 Å². The number of benzene rings is 2. The Morgan fingerprint density at radius 1 is 0.700 bits per heavy atom. The Hall–Kier alpha value is -1.31. The molecule has 1 saturated heterocycles. The summed E-state index contributed by atoms with van der Waals surface area (Å²) < 4.78 is 0. The summed E-state index contributed by atoms with van der Waals surface area (Å²) in [6.45, 7) is 2.13. The predicted molar refractivity (Wildman–Crippen MR) is 84.9 cm³/mol. The molecule has 2 aromatic rings. The second-order valence-electron chi connectivity index (χ2n) is 5.40.